The van der Waals surface area contributed by atoms with Gasteiger partial charge < -0.3 is 33.6 Å². The van der Waals surface area contributed by atoms with Crippen LogP contribution in [0.15, 0.2) is 91.0 Å². The second-order valence-electron chi connectivity index (χ2n) is 8.91. The Morgan fingerprint density at radius 1 is 0.638 bits per heavy atom. The molecule has 1 N–H and O–H groups in total. The number of esters is 2. The molecule has 0 saturated carbocycles. The highest BCUT2D eigenvalue weighted by atomic mass is 16.9. The second-order valence-corrected chi connectivity index (χ2v) is 8.91. The minimum Gasteiger partial charge on any atom is -0.493 e. The van der Waals surface area contributed by atoms with E-state index in [0.717, 1.165) is 24.3 Å². The van der Waals surface area contributed by atoms with Crippen molar-refractivity contribution < 1.29 is 53.2 Å². The van der Waals surface area contributed by atoms with Gasteiger partial charge in [0.05, 0.1) is 45.0 Å². The average molecular weight is 653 g/mol. The lowest BCUT2D eigenvalue weighted by molar-refractivity contribution is -0.742. The molecule has 0 amide bonds. The molecular formula is C32H32N2O13. The van der Waals surface area contributed by atoms with Crippen LogP contribution in [0.3, 0.4) is 0 Å². The Balaban J connectivity index is 0.000000296. The van der Waals surface area contributed by atoms with E-state index in [-0.39, 0.29) is 23.7 Å². The first-order valence-corrected chi connectivity index (χ1v) is 13.4. The van der Waals surface area contributed by atoms with E-state index in [2.05, 4.69) is 4.74 Å². The standard InChI is InChI=1S/C16H15NO6.C16H16O4.HNO3/c1-21-14-9-13(17(19)20)12(16(18)22-2)8-15(14)23-10-11-6-4-3-5-7-11;1-18-14-9-8-13(16(17)19-2)10-15(14)20-11-12-6-4-3-5-7-12;2-1(3)4/h3-9H,10H2,1-2H3;3-10H,11H2,1-2H3;(H,2,3,4). The maximum atomic E-state index is 11.7. The number of benzene rings is 4. The van der Waals surface area contributed by atoms with Gasteiger partial charge in [0.2, 0.25) is 0 Å². The number of carbonyl (C=O) groups is 2. The number of ether oxygens (including phenoxy) is 6. The van der Waals surface area contributed by atoms with Crippen molar-refractivity contribution in [2.45, 2.75) is 13.2 Å². The Morgan fingerprint density at radius 2 is 1.11 bits per heavy atom. The first kappa shape index (κ1) is 36.8. The third-order valence-electron chi connectivity index (χ3n) is 5.94. The Kier molecular flexibility index (Phi) is 15.0. The lowest BCUT2D eigenvalue weighted by Crippen LogP contribution is -2.07. The van der Waals surface area contributed by atoms with Crippen molar-refractivity contribution in [1.29, 1.82) is 0 Å². The Morgan fingerprint density at radius 3 is 1.53 bits per heavy atom. The topological polar surface area (TPSA) is 196 Å². The van der Waals surface area contributed by atoms with Crippen LogP contribution in [0.25, 0.3) is 0 Å². The van der Waals surface area contributed by atoms with Crippen molar-refractivity contribution in [1.82, 2.24) is 0 Å². The number of hydrogen-bond acceptors (Lipinski definition) is 12. The minimum absolute atomic E-state index is 0.167. The van der Waals surface area contributed by atoms with Crippen molar-refractivity contribution >= 4 is 17.6 Å². The molecule has 0 heterocycles. The molecule has 15 nitrogen and oxygen atoms in total. The van der Waals surface area contributed by atoms with Gasteiger partial charge in [0.25, 0.3) is 10.8 Å². The van der Waals surface area contributed by atoms with Crippen LogP contribution < -0.4 is 18.9 Å². The summed E-state index contributed by atoms with van der Waals surface area (Å²) in [6.45, 7) is 0.636. The molecule has 0 aromatic heterocycles. The van der Waals surface area contributed by atoms with Crippen LogP contribution in [-0.4, -0.2) is 55.6 Å². The summed E-state index contributed by atoms with van der Waals surface area (Å²) in [6, 6.07) is 26.5. The summed E-state index contributed by atoms with van der Waals surface area (Å²) in [4.78, 5) is 42.1. The highest BCUT2D eigenvalue weighted by Gasteiger charge is 2.25. The summed E-state index contributed by atoms with van der Waals surface area (Å²) in [7, 11) is 5.42. The molecule has 0 radical (unpaired) electrons. The van der Waals surface area contributed by atoms with Crippen LogP contribution in [0.2, 0.25) is 0 Å². The molecule has 0 aliphatic heterocycles. The minimum atomic E-state index is -1.50. The molecule has 47 heavy (non-hydrogen) atoms. The number of nitro benzene ring substituents is 1. The molecule has 0 aliphatic carbocycles. The van der Waals surface area contributed by atoms with Crippen LogP contribution in [0, 0.1) is 20.2 Å². The zero-order valence-electron chi connectivity index (χ0n) is 25.8. The van der Waals surface area contributed by atoms with Crippen LogP contribution in [-0.2, 0) is 22.7 Å². The summed E-state index contributed by atoms with van der Waals surface area (Å²) in [6.07, 6.45) is 0. The SMILES string of the molecule is COC(=O)c1cc(OCc2ccccc2)c(OC)cc1[N+](=O)[O-].COC(=O)c1ccc(OC)c(OCc2ccccc2)c1.O=[N+]([O-])O. The maximum Gasteiger partial charge on any atom is 0.345 e. The third kappa shape index (κ3) is 11.9. The van der Waals surface area contributed by atoms with Crippen molar-refractivity contribution in [3.05, 3.63) is 133 Å². The Bertz CT molecular complexity index is 1630. The van der Waals surface area contributed by atoms with Gasteiger partial charge in [0.1, 0.15) is 18.8 Å². The molecule has 0 unspecified atom stereocenters. The van der Waals surface area contributed by atoms with E-state index in [4.69, 9.17) is 39.0 Å². The molecule has 0 spiro atoms. The summed E-state index contributed by atoms with van der Waals surface area (Å²) < 4.78 is 31.0. The van der Waals surface area contributed by atoms with Crippen molar-refractivity contribution in [3.8, 4) is 23.0 Å². The van der Waals surface area contributed by atoms with Crippen LogP contribution in [0.1, 0.15) is 31.8 Å². The van der Waals surface area contributed by atoms with E-state index >= 15 is 0 Å². The smallest absolute Gasteiger partial charge is 0.345 e. The van der Waals surface area contributed by atoms with Gasteiger partial charge in [-0.15, -0.1) is 10.1 Å². The number of nitro groups is 1. The first-order chi connectivity index (χ1) is 22.5. The number of rotatable bonds is 11. The van der Waals surface area contributed by atoms with Gasteiger partial charge in [-0.25, -0.2) is 9.59 Å². The summed E-state index contributed by atoms with van der Waals surface area (Å²) in [5, 5.41) is 24.7. The second kappa shape index (κ2) is 19.1. The van der Waals surface area contributed by atoms with Crippen molar-refractivity contribution in [2.24, 2.45) is 0 Å². The molecule has 0 fully saturated rings. The van der Waals surface area contributed by atoms with Crippen LogP contribution in [0.5, 0.6) is 23.0 Å². The highest BCUT2D eigenvalue weighted by Crippen LogP contribution is 2.35. The number of carbonyl (C=O) groups excluding carboxylic acids is 2. The molecule has 248 valence electrons. The number of nitrogens with zero attached hydrogens (tertiary/aromatic N) is 2. The molecule has 0 atom stereocenters. The largest absolute Gasteiger partial charge is 0.493 e. The quantitative estimate of drug-likeness (QED) is 0.118. The van der Waals surface area contributed by atoms with Gasteiger partial charge in [-0.05, 0) is 29.3 Å². The predicted molar refractivity (Wildman–Crippen MR) is 166 cm³/mol. The Hall–Kier alpha value is -6.38. The van der Waals surface area contributed by atoms with Gasteiger partial charge >= 0.3 is 11.9 Å². The Labute approximate surface area is 269 Å². The van der Waals surface area contributed by atoms with E-state index in [0.29, 0.717) is 23.7 Å². The van der Waals surface area contributed by atoms with Gasteiger partial charge in [0.15, 0.2) is 23.0 Å². The zero-order valence-corrected chi connectivity index (χ0v) is 25.8. The molecule has 4 aromatic rings. The average Bonchev–Trinajstić information content (AvgIpc) is 3.09. The molecule has 15 heteroatoms. The fraction of sp³-hybridized carbons (Fsp3) is 0.188. The van der Waals surface area contributed by atoms with E-state index in [1.54, 1.807) is 25.3 Å². The molecule has 4 rings (SSSR count). The molecule has 0 bridgehead atoms. The molecule has 0 aliphatic rings. The monoisotopic (exact) mass is 652 g/mol. The van der Waals surface area contributed by atoms with Crippen LogP contribution >= 0.6 is 0 Å². The van der Waals surface area contributed by atoms with E-state index in [1.165, 1.54) is 20.3 Å². The fourth-order valence-corrected chi connectivity index (χ4v) is 3.75. The predicted octanol–water partition coefficient (Wildman–Crippen LogP) is 5.68. The van der Waals surface area contributed by atoms with E-state index in [9.17, 15) is 19.7 Å². The number of methoxy groups -OCH3 is 4. The lowest BCUT2D eigenvalue weighted by atomic mass is 10.1. The fourth-order valence-electron chi connectivity index (χ4n) is 3.75. The molecule has 4 aromatic carbocycles. The van der Waals surface area contributed by atoms with Crippen molar-refractivity contribution in [2.75, 3.05) is 28.4 Å². The summed E-state index contributed by atoms with van der Waals surface area (Å²) in [5.74, 6) is 0.261. The van der Waals surface area contributed by atoms with E-state index in [1.807, 2.05) is 60.7 Å². The van der Waals surface area contributed by atoms with Gasteiger partial charge in [-0.2, -0.15) is 0 Å². The maximum absolute atomic E-state index is 11.7. The lowest BCUT2D eigenvalue weighted by Gasteiger charge is -2.12. The van der Waals surface area contributed by atoms with Gasteiger partial charge in [0, 0.05) is 6.07 Å². The zero-order chi connectivity index (χ0) is 34.8. The van der Waals surface area contributed by atoms with Crippen LogP contribution in [0.4, 0.5) is 5.69 Å². The summed E-state index contributed by atoms with van der Waals surface area (Å²) in [5.41, 5.74) is 1.78. The molecular weight excluding hydrogens is 620 g/mol. The van der Waals surface area contributed by atoms with E-state index < -0.39 is 27.6 Å². The van der Waals surface area contributed by atoms with Gasteiger partial charge in [-0.1, -0.05) is 60.7 Å². The normalized spacial score (nSPS) is 9.62. The highest BCUT2D eigenvalue weighted by molar-refractivity contribution is 5.95. The molecule has 0 saturated heterocycles. The van der Waals surface area contributed by atoms with Crippen molar-refractivity contribution in [3.63, 3.8) is 0 Å². The van der Waals surface area contributed by atoms with Gasteiger partial charge in [-0.3, -0.25) is 10.1 Å². The third-order valence-corrected chi connectivity index (χ3v) is 5.94. The first-order valence-electron chi connectivity index (χ1n) is 13.4. The summed E-state index contributed by atoms with van der Waals surface area (Å²) >= 11 is 0. The number of hydrogen-bond donors (Lipinski definition) is 1.